The van der Waals surface area contributed by atoms with Crippen LogP contribution in [0.2, 0.25) is 15.1 Å². The number of carbonyl (C=O) groups is 1. The lowest BCUT2D eigenvalue weighted by Gasteiger charge is -2.13. The number of hydrogen-bond acceptors (Lipinski definition) is 2. The van der Waals surface area contributed by atoms with Crippen LogP contribution in [-0.2, 0) is 0 Å². The lowest BCUT2D eigenvalue weighted by atomic mass is 10.00. The molecule has 1 N–H and O–H groups in total. The molecule has 0 spiro atoms. The molecule has 0 fully saturated rings. The van der Waals surface area contributed by atoms with Crippen molar-refractivity contribution in [1.29, 1.82) is 0 Å². The van der Waals surface area contributed by atoms with Gasteiger partial charge in [-0.1, -0.05) is 65.1 Å². The Morgan fingerprint density at radius 1 is 0.947 bits per heavy atom. The molecule has 0 aliphatic heterocycles. The molecular formula is C14H9Cl3O2. The van der Waals surface area contributed by atoms with Crippen molar-refractivity contribution in [2.24, 2.45) is 0 Å². The molecule has 0 aliphatic rings. The Hall–Kier alpha value is -1.06. The molecule has 1 unspecified atom stereocenters. The Kier molecular flexibility index (Phi) is 4.48. The van der Waals surface area contributed by atoms with E-state index in [1.54, 1.807) is 30.3 Å². The van der Waals surface area contributed by atoms with Gasteiger partial charge in [0.1, 0.15) is 6.10 Å². The minimum atomic E-state index is -1.32. The highest BCUT2D eigenvalue weighted by Crippen LogP contribution is 2.34. The zero-order chi connectivity index (χ0) is 14.0. The van der Waals surface area contributed by atoms with Crippen molar-refractivity contribution in [3.63, 3.8) is 0 Å². The third-order valence-corrected chi connectivity index (χ3v) is 3.77. The molecule has 19 heavy (non-hydrogen) atoms. The van der Waals surface area contributed by atoms with Gasteiger partial charge in [-0.05, 0) is 17.7 Å². The molecule has 0 saturated carbocycles. The number of halogens is 3. The minimum Gasteiger partial charge on any atom is -0.380 e. The molecule has 2 nitrogen and oxygen atoms in total. The van der Waals surface area contributed by atoms with Crippen molar-refractivity contribution in [2.75, 3.05) is 0 Å². The average molecular weight is 316 g/mol. The zero-order valence-corrected chi connectivity index (χ0v) is 11.9. The summed E-state index contributed by atoms with van der Waals surface area (Å²) in [7, 11) is 0. The number of hydrogen-bond donors (Lipinski definition) is 1. The number of benzene rings is 2. The van der Waals surface area contributed by atoms with Crippen LogP contribution in [0.1, 0.15) is 22.0 Å². The third-order valence-electron chi connectivity index (χ3n) is 2.65. The summed E-state index contributed by atoms with van der Waals surface area (Å²) in [6, 6.07) is 11.5. The van der Waals surface area contributed by atoms with Crippen LogP contribution in [0.25, 0.3) is 0 Å². The van der Waals surface area contributed by atoms with Gasteiger partial charge in [-0.15, -0.1) is 0 Å². The van der Waals surface area contributed by atoms with Crippen molar-refractivity contribution < 1.29 is 9.90 Å². The third kappa shape index (κ3) is 2.93. The SMILES string of the molecule is O=C(c1c(Cl)ccc(Cl)c1Cl)C(O)c1ccccc1. The van der Waals surface area contributed by atoms with Crippen molar-refractivity contribution in [3.8, 4) is 0 Å². The molecule has 2 aromatic carbocycles. The number of aliphatic hydroxyl groups excluding tert-OH is 1. The van der Waals surface area contributed by atoms with Crippen molar-refractivity contribution >= 4 is 40.6 Å². The minimum absolute atomic E-state index is 0.0344. The first-order valence-corrected chi connectivity index (χ1v) is 6.56. The maximum atomic E-state index is 12.3. The van der Waals surface area contributed by atoms with E-state index < -0.39 is 11.9 Å². The van der Waals surface area contributed by atoms with Gasteiger partial charge in [-0.2, -0.15) is 0 Å². The van der Waals surface area contributed by atoms with Crippen LogP contribution in [0.5, 0.6) is 0 Å². The van der Waals surface area contributed by atoms with Gasteiger partial charge < -0.3 is 5.11 Å². The molecule has 2 rings (SSSR count). The van der Waals surface area contributed by atoms with Gasteiger partial charge in [-0.25, -0.2) is 0 Å². The molecule has 0 heterocycles. The van der Waals surface area contributed by atoms with E-state index in [9.17, 15) is 9.90 Å². The zero-order valence-electron chi connectivity index (χ0n) is 9.61. The van der Waals surface area contributed by atoms with Gasteiger partial charge in [0.2, 0.25) is 0 Å². The first-order chi connectivity index (χ1) is 9.02. The molecule has 0 saturated heterocycles. The first-order valence-electron chi connectivity index (χ1n) is 5.43. The Morgan fingerprint density at radius 3 is 2.16 bits per heavy atom. The summed E-state index contributed by atoms with van der Waals surface area (Å²) in [4.78, 5) is 12.3. The standard InChI is InChI=1S/C14H9Cl3O2/c15-9-6-7-10(16)12(17)11(9)14(19)13(18)8-4-2-1-3-5-8/h1-7,13,18H. The van der Waals surface area contributed by atoms with Gasteiger partial charge in [0, 0.05) is 0 Å². The van der Waals surface area contributed by atoms with E-state index in [0.29, 0.717) is 5.56 Å². The number of ketones is 1. The Bertz CT molecular complexity index is 612. The maximum Gasteiger partial charge on any atom is 0.198 e. The molecule has 0 radical (unpaired) electrons. The fraction of sp³-hybridized carbons (Fsp3) is 0.0714. The van der Waals surface area contributed by atoms with Crippen LogP contribution in [0.4, 0.5) is 0 Å². The molecular weight excluding hydrogens is 307 g/mol. The fourth-order valence-corrected chi connectivity index (χ4v) is 2.39. The van der Waals surface area contributed by atoms with E-state index in [1.165, 1.54) is 12.1 Å². The maximum absolute atomic E-state index is 12.3. The lowest BCUT2D eigenvalue weighted by Crippen LogP contribution is -2.13. The van der Waals surface area contributed by atoms with Crippen molar-refractivity contribution in [3.05, 3.63) is 68.7 Å². The molecule has 1 atom stereocenters. The second kappa shape index (κ2) is 5.93. The van der Waals surface area contributed by atoms with E-state index in [1.807, 2.05) is 0 Å². The normalized spacial score (nSPS) is 12.2. The summed E-state index contributed by atoms with van der Waals surface area (Å²) >= 11 is 17.8. The molecule has 0 aromatic heterocycles. The number of carbonyl (C=O) groups excluding carboxylic acids is 1. The second-order valence-corrected chi connectivity index (χ2v) is 5.09. The lowest BCUT2D eigenvalue weighted by molar-refractivity contribution is 0.0748. The highest BCUT2D eigenvalue weighted by molar-refractivity contribution is 6.46. The predicted octanol–water partition coefficient (Wildman–Crippen LogP) is 4.56. The fourth-order valence-electron chi connectivity index (χ4n) is 1.68. The van der Waals surface area contributed by atoms with Crippen LogP contribution in [0.3, 0.4) is 0 Å². The first kappa shape index (κ1) is 14.4. The number of aliphatic hydroxyl groups is 1. The van der Waals surface area contributed by atoms with E-state index in [2.05, 4.69) is 0 Å². The average Bonchev–Trinajstić information content (AvgIpc) is 2.43. The van der Waals surface area contributed by atoms with Crippen LogP contribution in [-0.4, -0.2) is 10.9 Å². The number of rotatable bonds is 3. The monoisotopic (exact) mass is 314 g/mol. The quantitative estimate of drug-likeness (QED) is 0.666. The molecule has 0 amide bonds. The summed E-state index contributed by atoms with van der Waals surface area (Å²) < 4.78 is 0. The highest BCUT2D eigenvalue weighted by Gasteiger charge is 2.24. The van der Waals surface area contributed by atoms with Crippen molar-refractivity contribution in [2.45, 2.75) is 6.10 Å². The summed E-state index contributed by atoms with van der Waals surface area (Å²) in [5.74, 6) is -0.580. The van der Waals surface area contributed by atoms with Crippen molar-refractivity contribution in [1.82, 2.24) is 0 Å². The van der Waals surface area contributed by atoms with Gasteiger partial charge >= 0.3 is 0 Å². The second-order valence-electron chi connectivity index (χ2n) is 3.90. The summed E-state index contributed by atoms with van der Waals surface area (Å²) in [6.07, 6.45) is -1.32. The van der Waals surface area contributed by atoms with E-state index in [0.717, 1.165) is 0 Å². The summed E-state index contributed by atoms with van der Waals surface area (Å²) in [5.41, 5.74) is 0.506. The highest BCUT2D eigenvalue weighted by atomic mass is 35.5. The molecule has 98 valence electrons. The van der Waals surface area contributed by atoms with Gasteiger partial charge in [0.15, 0.2) is 5.78 Å². The van der Waals surface area contributed by atoms with Gasteiger partial charge in [0.05, 0.1) is 20.6 Å². The van der Waals surface area contributed by atoms with Crippen LogP contribution in [0.15, 0.2) is 42.5 Å². The van der Waals surface area contributed by atoms with Gasteiger partial charge in [-0.3, -0.25) is 4.79 Å². The molecule has 5 heteroatoms. The summed E-state index contributed by atoms with van der Waals surface area (Å²) in [5, 5.41) is 10.5. The van der Waals surface area contributed by atoms with Crippen LogP contribution < -0.4 is 0 Å². The molecule has 0 aliphatic carbocycles. The molecule has 2 aromatic rings. The Balaban J connectivity index is 2.43. The largest absolute Gasteiger partial charge is 0.380 e. The van der Waals surface area contributed by atoms with Gasteiger partial charge in [0.25, 0.3) is 0 Å². The van der Waals surface area contributed by atoms with Crippen LogP contribution in [0, 0.1) is 0 Å². The van der Waals surface area contributed by atoms with E-state index >= 15 is 0 Å². The van der Waals surface area contributed by atoms with E-state index in [4.69, 9.17) is 34.8 Å². The van der Waals surface area contributed by atoms with E-state index in [-0.39, 0.29) is 20.6 Å². The summed E-state index contributed by atoms with van der Waals surface area (Å²) in [6.45, 7) is 0. The Morgan fingerprint density at radius 2 is 1.53 bits per heavy atom. The topological polar surface area (TPSA) is 37.3 Å². The molecule has 0 bridgehead atoms. The van der Waals surface area contributed by atoms with Crippen LogP contribution >= 0.6 is 34.8 Å². The number of Topliss-reactive ketones (excluding diaryl/α,β-unsaturated/α-hetero) is 1. The smallest absolute Gasteiger partial charge is 0.198 e. The predicted molar refractivity (Wildman–Crippen MR) is 77.2 cm³/mol. The Labute approximate surface area is 125 Å².